The second-order valence-corrected chi connectivity index (χ2v) is 6.16. The maximum absolute atomic E-state index is 12.4. The molecule has 23 heavy (non-hydrogen) atoms. The summed E-state index contributed by atoms with van der Waals surface area (Å²) in [5.74, 6) is 0.820. The molecular formula is C18H27N3O2. The van der Waals surface area contributed by atoms with E-state index in [1.807, 2.05) is 43.0 Å². The molecule has 0 bridgehead atoms. The van der Waals surface area contributed by atoms with Crippen LogP contribution in [0.4, 0.5) is 4.79 Å². The zero-order valence-corrected chi connectivity index (χ0v) is 14.3. The molecule has 0 aliphatic carbocycles. The number of benzene rings is 1. The summed E-state index contributed by atoms with van der Waals surface area (Å²) in [7, 11) is 1.65. The summed E-state index contributed by atoms with van der Waals surface area (Å²) >= 11 is 0. The molecule has 0 unspecified atom stereocenters. The molecule has 2 rings (SSSR count). The van der Waals surface area contributed by atoms with Crippen LogP contribution in [-0.4, -0.2) is 55.7 Å². The average molecular weight is 317 g/mol. The van der Waals surface area contributed by atoms with Crippen LogP contribution in [0.25, 0.3) is 0 Å². The standard InChI is InChI=1S/C18H27N3O2/c1-14(2)13-20-9-11-21(12-10-20)18(22)19-15(3)16-5-7-17(23-4)8-6-16/h5-8,15H,1,9-13H2,2-4H3,(H,19,22)/t15-/m1/s1. The topological polar surface area (TPSA) is 44.8 Å². The van der Waals surface area contributed by atoms with E-state index in [1.54, 1.807) is 7.11 Å². The van der Waals surface area contributed by atoms with Crippen LogP contribution in [0.15, 0.2) is 36.4 Å². The molecule has 5 nitrogen and oxygen atoms in total. The third-order valence-electron chi connectivity index (χ3n) is 4.11. The smallest absolute Gasteiger partial charge is 0.317 e. The highest BCUT2D eigenvalue weighted by Gasteiger charge is 2.22. The molecule has 0 saturated carbocycles. The van der Waals surface area contributed by atoms with E-state index >= 15 is 0 Å². The van der Waals surface area contributed by atoms with E-state index in [2.05, 4.69) is 16.8 Å². The molecule has 126 valence electrons. The Kier molecular flexibility index (Phi) is 6.04. The zero-order chi connectivity index (χ0) is 16.8. The Morgan fingerprint density at radius 2 is 1.87 bits per heavy atom. The van der Waals surface area contributed by atoms with Gasteiger partial charge in [-0.2, -0.15) is 0 Å². The number of ether oxygens (including phenoxy) is 1. The number of hydrogen-bond acceptors (Lipinski definition) is 3. The van der Waals surface area contributed by atoms with Crippen molar-refractivity contribution < 1.29 is 9.53 Å². The first kappa shape index (κ1) is 17.3. The van der Waals surface area contributed by atoms with Crippen LogP contribution in [0.2, 0.25) is 0 Å². The lowest BCUT2D eigenvalue weighted by molar-refractivity contribution is 0.143. The van der Waals surface area contributed by atoms with Crippen LogP contribution in [0, 0.1) is 0 Å². The Morgan fingerprint density at radius 3 is 2.39 bits per heavy atom. The van der Waals surface area contributed by atoms with Gasteiger partial charge in [-0.1, -0.05) is 24.3 Å². The number of carbonyl (C=O) groups excluding carboxylic acids is 1. The highest BCUT2D eigenvalue weighted by Crippen LogP contribution is 2.17. The third kappa shape index (κ3) is 4.99. The van der Waals surface area contributed by atoms with Gasteiger partial charge < -0.3 is 15.0 Å². The lowest BCUT2D eigenvalue weighted by Crippen LogP contribution is -2.52. The number of rotatable bonds is 5. The van der Waals surface area contributed by atoms with Crippen LogP contribution in [-0.2, 0) is 0 Å². The van der Waals surface area contributed by atoms with E-state index < -0.39 is 0 Å². The van der Waals surface area contributed by atoms with E-state index in [0.29, 0.717) is 0 Å². The summed E-state index contributed by atoms with van der Waals surface area (Å²) in [5, 5.41) is 3.07. The maximum atomic E-state index is 12.4. The summed E-state index contributed by atoms with van der Waals surface area (Å²) in [6.07, 6.45) is 0. The lowest BCUT2D eigenvalue weighted by Gasteiger charge is -2.35. The second kappa shape index (κ2) is 8.02. The molecule has 1 heterocycles. The molecule has 1 atom stereocenters. The number of urea groups is 1. The fourth-order valence-corrected chi connectivity index (χ4v) is 2.74. The molecule has 1 aromatic rings. The molecular weight excluding hydrogens is 290 g/mol. The minimum absolute atomic E-state index is 0.00305. The van der Waals surface area contributed by atoms with Crippen LogP contribution in [0.5, 0.6) is 5.75 Å². The highest BCUT2D eigenvalue weighted by atomic mass is 16.5. The van der Waals surface area contributed by atoms with Gasteiger partial charge in [0.25, 0.3) is 0 Å². The number of piperazine rings is 1. The van der Waals surface area contributed by atoms with Crippen LogP contribution >= 0.6 is 0 Å². The van der Waals surface area contributed by atoms with Gasteiger partial charge in [0, 0.05) is 32.7 Å². The first-order valence-electron chi connectivity index (χ1n) is 8.05. The fraction of sp³-hybridized carbons (Fsp3) is 0.500. The number of nitrogens with zero attached hydrogens (tertiary/aromatic N) is 2. The molecule has 5 heteroatoms. The van der Waals surface area contributed by atoms with E-state index in [0.717, 1.165) is 49.6 Å². The van der Waals surface area contributed by atoms with Crippen molar-refractivity contribution in [1.29, 1.82) is 0 Å². The highest BCUT2D eigenvalue weighted by molar-refractivity contribution is 5.74. The molecule has 1 saturated heterocycles. The van der Waals surface area contributed by atoms with Crippen molar-refractivity contribution in [2.75, 3.05) is 39.8 Å². The van der Waals surface area contributed by atoms with Crippen molar-refractivity contribution in [3.63, 3.8) is 0 Å². The van der Waals surface area contributed by atoms with Gasteiger partial charge in [-0.25, -0.2) is 4.79 Å². The summed E-state index contributed by atoms with van der Waals surface area (Å²) in [6.45, 7) is 12.2. The van der Waals surface area contributed by atoms with E-state index in [-0.39, 0.29) is 12.1 Å². The molecule has 1 aromatic carbocycles. The molecule has 0 radical (unpaired) electrons. The van der Waals surface area contributed by atoms with E-state index in [4.69, 9.17) is 4.74 Å². The summed E-state index contributed by atoms with van der Waals surface area (Å²) in [4.78, 5) is 16.6. The fourth-order valence-electron chi connectivity index (χ4n) is 2.74. The van der Waals surface area contributed by atoms with Crippen LogP contribution in [0.1, 0.15) is 25.5 Å². The zero-order valence-electron chi connectivity index (χ0n) is 14.3. The molecule has 2 amide bonds. The Labute approximate surface area is 138 Å². The molecule has 1 N–H and O–H groups in total. The number of methoxy groups -OCH3 is 1. The van der Waals surface area contributed by atoms with Gasteiger partial charge in [0.1, 0.15) is 5.75 Å². The summed E-state index contributed by atoms with van der Waals surface area (Å²) in [6, 6.07) is 7.76. The van der Waals surface area contributed by atoms with Gasteiger partial charge in [0.2, 0.25) is 0 Å². The molecule has 1 aliphatic rings. The van der Waals surface area contributed by atoms with Crippen molar-refractivity contribution in [1.82, 2.24) is 15.1 Å². The Balaban J connectivity index is 1.83. The van der Waals surface area contributed by atoms with E-state index in [9.17, 15) is 4.79 Å². The van der Waals surface area contributed by atoms with Gasteiger partial charge in [-0.05, 0) is 31.5 Å². The van der Waals surface area contributed by atoms with Crippen molar-refractivity contribution in [2.45, 2.75) is 19.9 Å². The Hall–Kier alpha value is -2.01. The molecule has 0 spiro atoms. The summed E-state index contributed by atoms with van der Waals surface area (Å²) < 4.78 is 5.16. The van der Waals surface area contributed by atoms with Gasteiger partial charge in [0.15, 0.2) is 0 Å². The van der Waals surface area contributed by atoms with Gasteiger partial charge in [-0.15, -0.1) is 0 Å². The van der Waals surface area contributed by atoms with Crippen molar-refractivity contribution in [3.8, 4) is 5.75 Å². The monoisotopic (exact) mass is 317 g/mol. The normalized spacial score (nSPS) is 16.7. The predicted molar refractivity (Wildman–Crippen MR) is 92.8 cm³/mol. The predicted octanol–water partition coefficient (Wildman–Crippen LogP) is 2.66. The largest absolute Gasteiger partial charge is 0.497 e. The van der Waals surface area contributed by atoms with Crippen molar-refractivity contribution in [2.24, 2.45) is 0 Å². The number of nitrogens with one attached hydrogen (secondary N) is 1. The maximum Gasteiger partial charge on any atom is 0.317 e. The first-order chi connectivity index (χ1) is 11.0. The van der Waals surface area contributed by atoms with Crippen molar-refractivity contribution in [3.05, 3.63) is 42.0 Å². The minimum atomic E-state index is -0.0261. The van der Waals surface area contributed by atoms with Crippen molar-refractivity contribution >= 4 is 6.03 Å². The third-order valence-corrected chi connectivity index (χ3v) is 4.11. The Bertz CT molecular complexity index is 534. The SMILES string of the molecule is C=C(C)CN1CCN(C(=O)N[C@H](C)c2ccc(OC)cc2)CC1. The second-order valence-electron chi connectivity index (χ2n) is 6.16. The number of carbonyl (C=O) groups is 1. The quantitative estimate of drug-likeness (QED) is 0.849. The molecule has 1 fully saturated rings. The van der Waals surface area contributed by atoms with Crippen LogP contribution < -0.4 is 10.1 Å². The first-order valence-corrected chi connectivity index (χ1v) is 8.05. The molecule has 1 aliphatic heterocycles. The Morgan fingerprint density at radius 1 is 1.26 bits per heavy atom. The molecule has 0 aromatic heterocycles. The van der Waals surface area contributed by atoms with Gasteiger partial charge in [0.05, 0.1) is 13.2 Å². The lowest BCUT2D eigenvalue weighted by atomic mass is 10.1. The average Bonchev–Trinajstić information content (AvgIpc) is 2.55. The number of amides is 2. The van der Waals surface area contributed by atoms with E-state index in [1.165, 1.54) is 0 Å². The number of hydrogen-bond donors (Lipinski definition) is 1. The van der Waals surface area contributed by atoms with Crippen LogP contribution in [0.3, 0.4) is 0 Å². The van der Waals surface area contributed by atoms with Gasteiger partial charge in [-0.3, -0.25) is 4.90 Å². The van der Waals surface area contributed by atoms with Gasteiger partial charge >= 0.3 is 6.03 Å². The summed E-state index contributed by atoms with van der Waals surface area (Å²) in [5.41, 5.74) is 2.23. The minimum Gasteiger partial charge on any atom is -0.497 e.